The molecule has 0 N–H and O–H groups in total. The average molecular weight is 301 g/mol. The standard InChI is InChI=1S/C16H19N3O3/c17-9-12-5-6-15-14(18-12)4-1-7-19(15)16(20)11-21-10-13-3-2-8-22-13/h5-6,13H,1-4,7-8,10-11H2. The van der Waals surface area contributed by atoms with Crippen LogP contribution >= 0.6 is 0 Å². The topological polar surface area (TPSA) is 75.5 Å². The number of hydrogen-bond donors (Lipinski definition) is 0. The van der Waals surface area contributed by atoms with E-state index >= 15 is 0 Å². The number of aromatic nitrogens is 1. The quantitative estimate of drug-likeness (QED) is 0.841. The van der Waals surface area contributed by atoms with Crippen molar-refractivity contribution in [2.75, 3.05) is 31.3 Å². The molecule has 2 aliphatic heterocycles. The zero-order valence-electron chi connectivity index (χ0n) is 12.5. The van der Waals surface area contributed by atoms with Crippen molar-refractivity contribution in [3.05, 3.63) is 23.5 Å². The molecule has 0 spiro atoms. The number of carbonyl (C=O) groups excluding carboxylic acids is 1. The van der Waals surface area contributed by atoms with E-state index in [1.54, 1.807) is 17.0 Å². The van der Waals surface area contributed by atoms with Gasteiger partial charge in [0.05, 0.1) is 24.1 Å². The number of nitriles is 1. The molecule has 116 valence electrons. The molecule has 1 atom stereocenters. The highest BCUT2D eigenvalue weighted by Gasteiger charge is 2.24. The Bertz CT molecular complexity index is 591. The van der Waals surface area contributed by atoms with Crippen molar-refractivity contribution >= 4 is 11.6 Å². The smallest absolute Gasteiger partial charge is 0.253 e. The Morgan fingerprint density at radius 1 is 1.50 bits per heavy atom. The fourth-order valence-corrected chi connectivity index (χ4v) is 2.90. The third-order valence-electron chi connectivity index (χ3n) is 4.01. The second-order valence-electron chi connectivity index (χ2n) is 5.57. The Balaban J connectivity index is 1.60. The van der Waals surface area contributed by atoms with Crippen molar-refractivity contribution in [2.24, 2.45) is 0 Å². The van der Waals surface area contributed by atoms with Gasteiger partial charge in [-0.1, -0.05) is 0 Å². The summed E-state index contributed by atoms with van der Waals surface area (Å²) in [6.07, 6.45) is 3.84. The molecule has 1 amide bonds. The van der Waals surface area contributed by atoms with E-state index in [4.69, 9.17) is 14.7 Å². The summed E-state index contributed by atoms with van der Waals surface area (Å²) in [7, 11) is 0. The Hall–Kier alpha value is -1.97. The molecular weight excluding hydrogens is 282 g/mol. The predicted octanol–water partition coefficient (Wildman–Crippen LogP) is 1.43. The average Bonchev–Trinajstić information content (AvgIpc) is 3.07. The second kappa shape index (κ2) is 6.86. The predicted molar refractivity (Wildman–Crippen MR) is 79.4 cm³/mol. The van der Waals surface area contributed by atoms with Crippen LogP contribution in [0, 0.1) is 11.3 Å². The van der Waals surface area contributed by atoms with Crippen molar-refractivity contribution in [1.29, 1.82) is 5.26 Å². The lowest BCUT2D eigenvalue weighted by molar-refractivity contribution is -0.124. The maximum absolute atomic E-state index is 12.4. The molecule has 3 rings (SSSR count). The van der Waals surface area contributed by atoms with Crippen LogP contribution in [0.15, 0.2) is 12.1 Å². The van der Waals surface area contributed by atoms with E-state index in [9.17, 15) is 4.79 Å². The van der Waals surface area contributed by atoms with E-state index in [0.29, 0.717) is 18.8 Å². The lowest BCUT2D eigenvalue weighted by Crippen LogP contribution is -2.38. The van der Waals surface area contributed by atoms with E-state index in [0.717, 1.165) is 43.7 Å². The van der Waals surface area contributed by atoms with Crippen molar-refractivity contribution in [1.82, 2.24) is 4.98 Å². The van der Waals surface area contributed by atoms with Crippen LogP contribution in [0.3, 0.4) is 0 Å². The number of rotatable bonds is 4. The first-order chi connectivity index (χ1) is 10.8. The molecule has 0 aliphatic carbocycles. The van der Waals surface area contributed by atoms with E-state index in [1.807, 2.05) is 6.07 Å². The third kappa shape index (κ3) is 3.26. The van der Waals surface area contributed by atoms with Crippen molar-refractivity contribution < 1.29 is 14.3 Å². The Kier molecular flexibility index (Phi) is 4.66. The van der Waals surface area contributed by atoms with Crippen LogP contribution in [0.5, 0.6) is 0 Å². The van der Waals surface area contributed by atoms with Crippen LogP contribution in [0.25, 0.3) is 0 Å². The monoisotopic (exact) mass is 301 g/mol. The minimum atomic E-state index is -0.0644. The molecule has 0 bridgehead atoms. The Labute approximate surface area is 129 Å². The molecule has 0 saturated carbocycles. The molecule has 1 unspecified atom stereocenters. The normalized spacial score (nSPS) is 20.5. The molecule has 6 heteroatoms. The van der Waals surface area contributed by atoms with Crippen molar-refractivity contribution in [2.45, 2.75) is 31.8 Å². The van der Waals surface area contributed by atoms with Gasteiger partial charge >= 0.3 is 0 Å². The van der Waals surface area contributed by atoms with Gasteiger partial charge in [0.25, 0.3) is 5.91 Å². The summed E-state index contributed by atoms with van der Waals surface area (Å²) in [4.78, 5) is 18.4. The van der Waals surface area contributed by atoms with Crippen LogP contribution in [0.2, 0.25) is 0 Å². The van der Waals surface area contributed by atoms with Gasteiger partial charge in [-0.05, 0) is 37.8 Å². The van der Waals surface area contributed by atoms with Crippen LogP contribution in [0.4, 0.5) is 5.69 Å². The molecule has 0 aromatic carbocycles. The summed E-state index contributed by atoms with van der Waals surface area (Å²) >= 11 is 0. The number of anilines is 1. The van der Waals surface area contributed by atoms with Crippen LogP contribution in [-0.2, 0) is 20.7 Å². The minimum absolute atomic E-state index is 0.0549. The number of hydrogen-bond acceptors (Lipinski definition) is 5. The highest BCUT2D eigenvalue weighted by molar-refractivity contribution is 5.95. The lowest BCUT2D eigenvalue weighted by atomic mass is 10.1. The minimum Gasteiger partial charge on any atom is -0.376 e. The zero-order chi connectivity index (χ0) is 15.4. The highest BCUT2D eigenvalue weighted by Crippen LogP contribution is 2.26. The fourth-order valence-electron chi connectivity index (χ4n) is 2.90. The number of amides is 1. The van der Waals surface area contributed by atoms with Gasteiger partial charge < -0.3 is 14.4 Å². The first-order valence-electron chi connectivity index (χ1n) is 7.67. The maximum atomic E-state index is 12.4. The van der Waals surface area contributed by atoms with Gasteiger partial charge in [0.1, 0.15) is 18.4 Å². The van der Waals surface area contributed by atoms with E-state index in [2.05, 4.69) is 4.98 Å². The molecule has 1 aromatic rings. The molecule has 6 nitrogen and oxygen atoms in total. The summed E-state index contributed by atoms with van der Waals surface area (Å²) in [6.45, 7) is 1.98. The summed E-state index contributed by atoms with van der Waals surface area (Å²) in [5.41, 5.74) is 2.01. The lowest BCUT2D eigenvalue weighted by Gasteiger charge is -2.28. The van der Waals surface area contributed by atoms with Gasteiger partial charge in [0.2, 0.25) is 0 Å². The summed E-state index contributed by atoms with van der Waals surface area (Å²) in [5, 5.41) is 8.91. The van der Waals surface area contributed by atoms with Gasteiger partial charge in [-0.3, -0.25) is 4.79 Å². The summed E-state index contributed by atoms with van der Waals surface area (Å²) < 4.78 is 11.0. The number of pyridine rings is 1. The number of nitrogens with zero attached hydrogens (tertiary/aromatic N) is 3. The Morgan fingerprint density at radius 3 is 3.18 bits per heavy atom. The van der Waals surface area contributed by atoms with E-state index < -0.39 is 0 Å². The fraction of sp³-hybridized carbons (Fsp3) is 0.562. The first kappa shape index (κ1) is 14.9. The number of fused-ring (bicyclic) bond motifs is 1. The molecular formula is C16H19N3O3. The van der Waals surface area contributed by atoms with Gasteiger partial charge in [-0.15, -0.1) is 0 Å². The Morgan fingerprint density at radius 2 is 2.41 bits per heavy atom. The van der Waals surface area contributed by atoms with Crippen molar-refractivity contribution in [3.8, 4) is 6.07 Å². The molecule has 1 fully saturated rings. The van der Waals surface area contributed by atoms with Crippen LogP contribution in [0.1, 0.15) is 30.7 Å². The largest absolute Gasteiger partial charge is 0.376 e. The molecule has 3 heterocycles. The van der Waals surface area contributed by atoms with Gasteiger partial charge in [0, 0.05) is 13.2 Å². The van der Waals surface area contributed by atoms with Crippen molar-refractivity contribution in [3.63, 3.8) is 0 Å². The van der Waals surface area contributed by atoms with Gasteiger partial charge in [-0.25, -0.2) is 4.98 Å². The van der Waals surface area contributed by atoms with E-state index in [-0.39, 0.29) is 18.6 Å². The molecule has 2 aliphatic rings. The summed E-state index contributed by atoms with van der Waals surface area (Å²) in [5.74, 6) is -0.0644. The number of carbonyl (C=O) groups is 1. The van der Waals surface area contributed by atoms with E-state index in [1.165, 1.54) is 0 Å². The SMILES string of the molecule is N#Cc1ccc2c(n1)CCCN2C(=O)COCC1CCCO1. The third-order valence-corrected chi connectivity index (χ3v) is 4.01. The van der Waals surface area contributed by atoms with Crippen LogP contribution in [-0.4, -0.2) is 43.4 Å². The number of aryl methyl sites for hydroxylation is 1. The molecule has 1 saturated heterocycles. The van der Waals surface area contributed by atoms with Gasteiger partial charge in [-0.2, -0.15) is 5.26 Å². The van der Waals surface area contributed by atoms with Gasteiger partial charge in [0.15, 0.2) is 0 Å². The zero-order valence-corrected chi connectivity index (χ0v) is 12.5. The van der Waals surface area contributed by atoms with Crippen LogP contribution < -0.4 is 4.90 Å². The molecule has 22 heavy (non-hydrogen) atoms. The molecule has 1 aromatic heterocycles. The number of ether oxygens (including phenoxy) is 2. The maximum Gasteiger partial charge on any atom is 0.253 e. The first-order valence-corrected chi connectivity index (χ1v) is 7.67. The summed E-state index contributed by atoms with van der Waals surface area (Å²) in [6, 6.07) is 5.49. The molecule has 0 radical (unpaired) electrons. The highest BCUT2D eigenvalue weighted by atomic mass is 16.5. The second-order valence-corrected chi connectivity index (χ2v) is 5.57.